The number of nitrogens with zero attached hydrogens (tertiary/aromatic N) is 1. The summed E-state index contributed by atoms with van der Waals surface area (Å²) in [4.78, 5) is 36.5. The Morgan fingerprint density at radius 2 is 1.71 bits per heavy atom. The van der Waals surface area contributed by atoms with Crippen LogP contribution < -0.4 is 25.5 Å². The highest BCUT2D eigenvalue weighted by atomic mass is 127. The molecule has 3 aromatic rings. The van der Waals surface area contributed by atoms with E-state index in [0.29, 0.717) is 9.13 Å². The van der Waals surface area contributed by atoms with Gasteiger partial charge in [-0.2, -0.15) is 18.3 Å². The Morgan fingerprint density at radius 1 is 1.00 bits per heavy atom. The zero-order chi connectivity index (χ0) is 30.0. The fourth-order valence-corrected chi connectivity index (χ4v) is 4.19. The van der Waals surface area contributed by atoms with Gasteiger partial charge in [-0.1, -0.05) is 42.0 Å². The molecule has 3 amide bonds. The quantitative estimate of drug-likeness (QED) is 0.123. The van der Waals surface area contributed by atoms with Crippen LogP contribution in [-0.4, -0.2) is 37.1 Å². The molecule has 41 heavy (non-hydrogen) atoms. The molecule has 0 spiro atoms. The highest BCUT2D eigenvalue weighted by Crippen LogP contribution is 2.35. The molecule has 3 N–H and O–H groups in total. The van der Waals surface area contributed by atoms with E-state index < -0.39 is 36.1 Å². The second kappa shape index (κ2) is 14.5. The van der Waals surface area contributed by atoms with E-state index in [-0.39, 0.29) is 30.3 Å². The molecule has 0 fully saturated rings. The van der Waals surface area contributed by atoms with Crippen molar-refractivity contribution in [3.63, 3.8) is 0 Å². The van der Waals surface area contributed by atoms with Crippen molar-refractivity contribution in [1.82, 2.24) is 10.7 Å². The number of nitrogens with one attached hydrogen (secondary N) is 3. The monoisotopic (exact) mass is 682 g/mol. The van der Waals surface area contributed by atoms with Crippen molar-refractivity contribution >= 4 is 52.2 Å². The Bertz CT molecular complexity index is 1430. The molecule has 0 aliphatic carbocycles. The predicted octanol–water partition coefficient (Wildman–Crippen LogP) is 4.80. The molecule has 0 aliphatic rings. The molecule has 13 heteroatoms. The van der Waals surface area contributed by atoms with E-state index in [4.69, 9.17) is 9.47 Å². The van der Waals surface area contributed by atoms with Crippen molar-refractivity contribution in [1.29, 1.82) is 0 Å². The van der Waals surface area contributed by atoms with Crippen LogP contribution in [0.1, 0.15) is 29.2 Å². The lowest BCUT2D eigenvalue weighted by molar-refractivity contribution is -0.139. The molecule has 0 radical (unpaired) electrons. The Hall–Kier alpha value is -4.14. The molecule has 9 nitrogen and oxygen atoms in total. The summed E-state index contributed by atoms with van der Waals surface area (Å²) in [7, 11) is 0. The molecule has 3 aromatic carbocycles. The van der Waals surface area contributed by atoms with Crippen molar-refractivity contribution in [2.75, 3.05) is 18.5 Å². The normalized spacial score (nSPS) is 11.2. The minimum atomic E-state index is -4.63. The van der Waals surface area contributed by atoms with Gasteiger partial charge in [0.1, 0.15) is 0 Å². The molecule has 0 saturated heterocycles. The molecule has 0 atom stereocenters. The fourth-order valence-electron chi connectivity index (χ4n) is 3.41. The van der Waals surface area contributed by atoms with Gasteiger partial charge in [-0.3, -0.25) is 14.4 Å². The number of hydrogen-bond acceptors (Lipinski definition) is 6. The fraction of sp³-hybridized carbons (Fsp3) is 0.214. The SMILES string of the molecule is CCOc1cc(/C=N\NC(=O)C(=O)NCc2ccc(C)cc2)cc(I)c1OCC(=O)Nc1ccccc1C(F)(F)F. The molecule has 0 unspecified atom stereocenters. The van der Waals surface area contributed by atoms with E-state index in [0.717, 1.165) is 23.3 Å². The second-order valence-corrected chi connectivity index (χ2v) is 9.67. The predicted molar refractivity (Wildman–Crippen MR) is 155 cm³/mol. The molecule has 3 rings (SSSR count). The number of aryl methyl sites for hydroxylation is 1. The summed E-state index contributed by atoms with van der Waals surface area (Å²) in [5.41, 5.74) is 3.19. The molecular formula is C28H26F3IN4O5. The Morgan fingerprint density at radius 3 is 2.39 bits per heavy atom. The lowest BCUT2D eigenvalue weighted by Crippen LogP contribution is -2.37. The number of alkyl halides is 3. The van der Waals surface area contributed by atoms with Crippen LogP contribution in [0.3, 0.4) is 0 Å². The van der Waals surface area contributed by atoms with E-state index >= 15 is 0 Å². The number of para-hydroxylation sites is 1. The van der Waals surface area contributed by atoms with Gasteiger partial charge < -0.3 is 20.1 Å². The summed E-state index contributed by atoms with van der Waals surface area (Å²) < 4.78 is 51.3. The third-order valence-corrected chi connectivity index (χ3v) is 6.15. The smallest absolute Gasteiger partial charge is 0.418 e. The van der Waals surface area contributed by atoms with Crippen LogP contribution in [0.5, 0.6) is 11.5 Å². The molecular weight excluding hydrogens is 656 g/mol. The number of carbonyl (C=O) groups is 3. The van der Waals surface area contributed by atoms with Crippen molar-refractivity contribution in [3.05, 3.63) is 86.5 Å². The molecule has 0 heterocycles. The number of benzene rings is 3. The van der Waals surface area contributed by atoms with E-state index in [1.165, 1.54) is 24.4 Å². The van der Waals surface area contributed by atoms with E-state index in [1.807, 2.05) is 53.8 Å². The van der Waals surface area contributed by atoms with Gasteiger partial charge in [0.05, 0.1) is 27.6 Å². The van der Waals surface area contributed by atoms with Crippen LogP contribution in [0.2, 0.25) is 0 Å². The number of hydrazone groups is 1. The molecule has 0 bridgehead atoms. The van der Waals surface area contributed by atoms with Gasteiger partial charge in [0.2, 0.25) is 0 Å². The number of halogens is 4. The number of hydrogen-bond donors (Lipinski definition) is 3. The summed E-state index contributed by atoms with van der Waals surface area (Å²) in [6.07, 6.45) is -3.34. The lowest BCUT2D eigenvalue weighted by Gasteiger charge is -2.16. The average Bonchev–Trinajstić information content (AvgIpc) is 2.92. The number of rotatable bonds is 10. The zero-order valence-corrected chi connectivity index (χ0v) is 24.1. The third-order valence-electron chi connectivity index (χ3n) is 5.35. The first-order valence-corrected chi connectivity index (χ1v) is 13.3. The molecule has 0 aliphatic heterocycles. The van der Waals surface area contributed by atoms with Crippen LogP contribution in [0, 0.1) is 10.5 Å². The van der Waals surface area contributed by atoms with Gasteiger partial charge in [-0.25, -0.2) is 5.43 Å². The van der Waals surface area contributed by atoms with Crippen LogP contribution in [0.25, 0.3) is 0 Å². The zero-order valence-electron chi connectivity index (χ0n) is 22.0. The minimum absolute atomic E-state index is 0.181. The van der Waals surface area contributed by atoms with E-state index in [2.05, 4.69) is 21.2 Å². The summed E-state index contributed by atoms with van der Waals surface area (Å²) in [5.74, 6) is -2.16. The Balaban J connectivity index is 1.60. The number of amides is 3. The van der Waals surface area contributed by atoms with Crippen molar-refractivity contribution in [2.24, 2.45) is 5.10 Å². The van der Waals surface area contributed by atoms with Crippen molar-refractivity contribution in [3.8, 4) is 11.5 Å². The van der Waals surface area contributed by atoms with Gasteiger partial charge in [-0.05, 0) is 71.8 Å². The lowest BCUT2D eigenvalue weighted by atomic mass is 10.1. The van der Waals surface area contributed by atoms with Crippen LogP contribution in [-0.2, 0) is 27.1 Å². The largest absolute Gasteiger partial charge is 0.490 e. The Labute approximate surface area is 247 Å². The van der Waals surface area contributed by atoms with Crippen LogP contribution in [0.15, 0.2) is 65.8 Å². The third kappa shape index (κ3) is 9.48. The van der Waals surface area contributed by atoms with Gasteiger partial charge in [0.25, 0.3) is 5.91 Å². The van der Waals surface area contributed by atoms with Gasteiger partial charge in [0, 0.05) is 6.54 Å². The molecule has 0 aromatic heterocycles. The second-order valence-electron chi connectivity index (χ2n) is 8.51. The average molecular weight is 682 g/mol. The minimum Gasteiger partial charge on any atom is -0.490 e. The summed E-state index contributed by atoms with van der Waals surface area (Å²) in [6.45, 7) is 3.52. The van der Waals surface area contributed by atoms with Gasteiger partial charge in [-0.15, -0.1) is 0 Å². The van der Waals surface area contributed by atoms with Crippen molar-refractivity contribution in [2.45, 2.75) is 26.6 Å². The first-order chi connectivity index (χ1) is 19.5. The molecule has 0 saturated carbocycles. The maximum Gasteiger partial charge on any atom is 0.418 e. The number of ether oxygens (including phenoxy) is 2. The Kier molecular flexibility index (Phi) is 11.1. The molecule has 216 valence electrons. The van der Waals surface area contributed by atoms with Gasteiger partial charge in [0.15, 0.2) is 18.1 Å². The summed E-state index contributed by atoms with van der Waals surface area (Å²) in [5, 5.41) is 8.53. The van der Waals surface area contributed by atoms with Crippen molar-refractivity contribution < 1.29 is 37.0 Å². The first kappa shape index (κ1) is 31.4. The van der Waals surface area contributed by atoms with Crippen LogP contribution >= 0.6 is 22.6 Å². The maximum absolute atomic E-state index is 13.2. The number of carbonyl (C=O) groups excluding carboxylic acids is 3. The highest BCUT2D eigenvalue weighted by Gasteiger charge is 2.33. The summed E-state index contributed by atoms with van der Waals surface area (Å²) in [6, 6.07) is 15.2. The topological polar surface area (TPSA) is 118 Å². The maximum atomic E-state index is 13.2. The highest BCUT2D eigenvalue weighted by molar-refractivity contribution is 14.1. The van der Waals surface area contributed by atoms with E-state index in [1.54, 1.807) is 13.0 Å². The number of anilines is 1. The summed E-state index contributed by atoms with van der Waals surface area (Å²) >= 11 is 1.93. The first-order valence-electron chi connectivity index (χ1n) is 12.2. The van der Waals surface area contributed by atoms with Crippen LogP contribution in [0.4, 0.5) is 18.9 Å². The van der Waals surface area contributed by atoms with E-state index in [9.17, 15) is 27.6 Å². The van der Waals surface area contributed by atoms with Gasteiger partial charge >= 0.3 is 18.0 Å². The standard InChI is InChI=1S/C28H26F3IN4O5/c1-3-40-23-13-19(15-34-36-27(39)26(38)33-14-18-10-8-17(2)9-11-18)12-21(32)25(23)41-16-24(37)35-22-7-5-4-6-20(22)28(29,30)31/h4-13,15H,3,14,16H2,1-2H3,(H,33,38)(H,35,37)(H,36,39)/b34-15-.